The molecule has 0 aliphatic carbocycles. The second kappa shape index (κ2) is 4.75. The van der Waals surface area contributed by atoms with Gasteiger partial charge in [-0.25, -0.2) is 13.1 Å². The third-order valence-corrected chi connectivity index (χ3v) is 3.92. The van der Waals surface area contributed by atoms with Crippen LogP contribution < -0.4 is 10.5 Å². The Morgan fingerprint density at radius 3 is 2.78 bits per heavy atom. The van der Waals surface area contributed by atoms with Crippen LogP contribution in [0.25, 0.3) is 0 Å². The molecule has 0 bridgehead atoms. The van der Waals surface area contributed by atoms with Crippen LogP contribution in [0.3, 0.4) is 0 Å². The van der Waals surface area contributed by atoms with E-state index >= 15 is 0 Å². The molecule has 18 heavy (non-hydrogen) atoms. The molecule has 0 aliphatic heterocycles. The molecule has 0 spiro atoms. The summed E-state index contributed by atoms with van der Waals surface area (Å²) in [6.45, 7) is 0.146. The highest BCUT2D eigenvalue weighted by Gasteiger charge is 2.17. The van der Waals surface area contributed by atoms with E-state index in [9.17, 15) is 8.42 Å². The van der Waals surface area contributed by atoms with Gasteiger partial charge in [0, 0.05) is 25.6 Å². The van der Waals surface area contributed by atoms with Crippen molar-refractivity contribution in [2.45, 2.75) is 11.4 Å². The van der Waals surface area contributed by atoms with Gasteiger partial charge in [-0.1, -0.05) is 0 Å². The number of nitrogen functional groups attached to an aromatic ring is 1. The fourth-order valence-corrected chi connectivity index (χ4v) is 2.51. The van der Waals surface area contributed by atoms with Gasteiger partial charge in [0.05, 0.1) is 17.9 Å². The number of pyridine rings is 1. The summed E-state index contributed by atoms with van der Waals surface area (Å²) in [6.07, 6.45) is 4.26. The first-order chi connectivity index (χ1) is 8.50. The number of aromatic nitrogens is 3. The summed E-state index contributed by atoms with van der Waals surface area (Å²) in [4.78, 5) is 3.74. The summed E-state index contributed by atoms with van der Waals surface area (Å²) in [6, 6.07) is 3.17. The van der Waals surface area contributed by atoms with Gasteiger partial charge < -0.3 is 5.73 Å². The summed E-state index contributed by atoms with van der Waals surface area (Å²) in [5, 5.41) is 3.95. The molecule has 7 nitrogen and oxygen atoms in total. The zero-order chi connectivity index (χ0) is 13.2. The van der Waals surface area contributed by atoms with E-state index in [0.717, 1.165) is 5.69 Å². The van der Waals surface area contributed by atoms with Crippen LogP contribution in [-0.4, -0.2) is 23.2 Å². The second-order valence-corrected chi connectivity index (χ2v) is 5.42. The summed E-state index contributed by atoms with van der Waals surface area (Å²) in [7, 11) is -1.92. The minimum Gasteiger partial charge on any atom is -0.398 e. The van der Waals surface area contributed by atoms with Gasteiger partial charge in [0.2, 0.25) is 10.0 Å². The lowest BCUT2D eigenvalue weighted by Crippen LogP contribution is -2.25. The molecule has 0 atom stereocenters. The van der Waals surface area contributed by atoms with Gasteiger partial charge >= 0.3 is 0 Å². The average Bonchev–Trinajstić information content (AvgIpc) is 2.73. The second-order valence-electron chi connectivity index (χ2n) is 3.68. The van der Waals surface area contributed by atoms with Gasteiger partial charge in [-0.05, 0) is 12.1 Å². The minimum absolute atomic E-state index is 0.0211. The van der Waals surface area contributed by atoms with E-state index in [-0.39, 0.29) is 17.1 Å². The van der Waals surface area contributed by atoms with Crippen molar-refractivity contribution >= 4 is 15.7 Å². The van der Waals surface area contributed by atoms with Crippen molar-refractivity contribution in [3.8, 4) is 0 Å². The molecule has 0 amide bonds. The highest BCUT2D eigenvalue weighted by Crippen LogP contribution is 2.15. The number of anilines is 1. The molecular weight excluding hydrogens is 254 g/mol. The average molecular weight is 267 g/mol. The predicted octanol–water partition coefficient (Wildman–Crippen LogP) is -0.124. The standard InChI is InChI=1S/C10H13N5O2S/c1-15-8(2-5-13-15)6-14-18(16,17)10-7-12-4-3-9(10)11/h2-5,7,14H,6H2,1H3,(H2,11,12). The van der Waals surface area contributed by atoms with E-state index in [0.29, 0.717) is 0 Å². The molecule has 0 unspecified atom stereocenters. The summed E-state index contributed by atoms with van der Waals surface area (Å²) < 4.78 is 28.0. The van der Waals surface area contributed by atoms with Crippen LogP contribution in [0.4, 0.5) is 5.69 Å². The number of nitrogens with two attached hydrogens (primary N) is 1. The smallest absolute Gasteiger partial charge is 0.244 e. The molecule has 0 aliphatic rings. The van der Waals surface area contributed by atoms with E-state index < -0.39 is 10.0 Å². The van der Waals surface area contributed by atoms with Crippen LogP contribution in [0.1, 0.15) is 5.69 Å². The van der Waals surface area contributed by atoms with E-state index in [1.54, 1.807) is 24.0 Å². The third-order valence-electron chi connectivity index (χ3n) is 2.47. The normalized spacial score (nSPS) is 11.6. The van der Waals surface area contributed by atoms with Crippen molar-refractivity contribution in [3.63, 3.8) is 0 Å². The Bertz CT molecular complexity index is 650. The Labute approximate surface area is 105 Å². The van der Waals surface area contributed by atoms with Crippen molar-refractivity contribution in [2.24, 2.45) is 7.05 Å². The molecule has 2 aromatic rings. The quantitative estimate of drug-likeness (QED) is 0.803. The first kappa shape index (κ1) is 12.5. The van der Waals surface area contributed by atoms with Crippen LogP contribution >= 0.6 is 0 Å². The van der Waals surface area contributed by atoms with Gasteiger partial charge in [-0.2, -0.15) is 5.10 Å². The monoisotopic (exact) mass is 267 g/mol. The van der Waals surface area contributed by atoms with E-state index in [2.05, 4.69) is 14.8 Å². The first-order valence-corrected chi connectivity index (χ1v) is 6.65. The van der Waals surface area contributed by atoms with Crippen LogP contribution in [0, 0.1) is 0 Å². The van der Waals surface area contributed by atoms with Crippen molar-refractivity contribution in [3.05, 3.63) is 36.4 Å². The molecule has 8 heteroatoms. The van der Waals surface area contributed by atoms with Crippen molar-refractivity contribution in [2.75, 3.05) is 5.73 Å². The number of nitrogens with one attached hydrogen (secondary N) is 1. The Hall–Kier alpha value is -1.93. The maximum absolute atomic E-state index is 12.0. The van der Waals surface area contributed by atoms with Gasteiger partial charge in [0.25, 0.3) is 0 Å². The number of nitrogens with zero attached hydrogens (tertiary/aromatic N) is 3. The van der Waals surface area contributed by atoms with E-state index in [4.69, 9.17) is 5.73 Å². The van der Waals surface area contributed by atoms with Gasteiger partial charge in [0.15, 0.2) is 0 Å². The predicted molar refractivity (Wildman–Crippen MR) is 65.9 cm³/mol. The zero-order valence-corrected chi connectivity index (χ0v) is 10.6. The molecule has 3 N–H and O–H groups in total. The Morgan fingerprint density at radius 1 is 1.39 bits per heavy atom. The van der Waals surface area contributed by atoms with Crippen LogP contribution in [-0.2, 0) is 23.6 Å². The van der Waals surface area contributed by atoms with Crippen molar-refractivity contribution < 1.29 is 8.42 Å². The zero-order valence-electron chi connectivity index (χ0n) is 9.74. The summed E-state index contributed by atoms with van der Waals surface area (Å²) in [5.41, 5.74) is 6.53. The van der Waals surface area contributed by atoms with Gasteiger partial charge in [-0.3, -0.25) is 9.67 Å². The molecule has 2 rings (SSSR count). The van der Waals surface area contributed by atoms with Gasteiger partial charge in [0.1, 0.15) is 4.90 Å². The number of aryl methyl sites for hydroxylation is 1. The number of hydrogen-bond donors (Lipinski definition) is 2. The maximum Gasteiger partial charge on any atom is 0.244 e. The maximum atomic E-state index is 12.0. The topological polar surface area (TPSA) is 103 Å². The first-order valence-electron chi connectivity index (χ1n) is 5.17. The third kappa shape index (κ3) is 2.49. The largest absolute Gasteiger partial charge is 0.398 e. The highest BCUT2D eigenvalue weighted by molar-refractivity contribution is 7.89. The SMILES string of the molecule is Cn1nccc1CNS(=O)(=O)c1cnccc1N. The summed E-state index contributed by atoms with van der Waals surface area (Å²) in [5.74, 6) is 0. The minimum atomic E-state index is -3.66. The number of sulfonamides is 1. The molecule has 0 aromatic carbocycles. The number of hydrogen-bond acceptors (Lipinski definition) is 5. The fourth-order valence-electron chi connectivity index (χ4n) is 1.44. The lowest BCUT2D eigenvalue weighted by molar-refractivity contribution is 0.577. The van der Waals surface area contributed by atoms with Crippen molar-refractivity contribution in [1.29, 1.82) is 0 Å². The van der Waals surface area contributed by atoms with E-state index in [1.165, 1.54) is 18.5 Å². The van der Waals surface area contributed by atoms with E-state index in [1.807, 2.05) is 0 Å². The van der Waals surface area contributed by atoms with Gasteiger partial charge in [-0.15, -0.1) is 0 Å². The molecule has 0 saturated heterocycles. The molecule has 0 saturated carbocycles. The van der Waals surface area contributed by atoms with Crippen LogP contribution in [0.5, 0.6) is 0 Å². The molecule has 0 fully saturated rings. The molecule has 96 valence electrons. The molecule has 0 radical (unpaired) electrons. The lowest BCUT2D eigenvalue weighted by atomic mass is 10.4. The van der Waals surface area contributed by atoms with Crippen LogP contribution in [0.2, 0.25) is 0 Å². The van der Waals surface area contributed by atoms with Crippen LogP contribution in [0.15, 0.2) is 35.6 Å². The highest BCUT2D eigenvalue weighted by atomic mass is 32.2. The number of rotatable bonds is 4. The Balaban J connectivity index is 2.19. The lowest BCUT2D eigenvalue weighted by Gasteiger charge is -2.08. The molecular formula is C10H13N5O2S. The van der Waals surface area contributed by atoms with Crippen molar-refractivity contribution in [1.82, 2.24) is 19.5 Å². The Morgan fingerprint density at radius 2 is 2.17 bits per heavy atom. The fraction of sp³-hybridized carbons (Fsp3) is 0.200. The summed E-state index contributed by atoms with van der Waals surface area (Å²) >= 11 is 0. The molecule has 2 aromatic heterocycles. The molecule has 2 heterocycles. The Kier molecular flexibility index (Phi) is 3.30.